The van der Waals surface area contributed by atoms with Crippen LogP contribution in [-0.2, 0) is 9.05 Å². The smallest absolute Gasteiger partial charge is 0.207 e. The molecule has 0 saturated heterocycles. The van der Waals surface area contributed by atoms with Gasteiger partial charge in [-0.3, -0.25) is 0 Å². The minimum absolute atomic E-state index is 0.229. The molecule has 2 nitrogen and oxygen atoms in total. The van der Waals surface area contributed by atoms with E-state index in [1.807, 2.05) is 0 Å². The number of hydrogen-bond acceptors (Lipinski definition) is 2. The fourth-order valence-corrected chi connectivity index (χ4v) is 1.89. The lowest BCUT2D eigenvalue weighted by Gasteiger charge is -2.02. The van der Waals surface area contributed by atoms with Crippen molar-refractivity contribution in [2.75, 3.05) is 0 Å². The van der Waals surface area contributed by atoms with Crippen LogP contribution < -0.4 is 0 Å². The SMILES string of the molecule is Cc1cc(S(=O)(=O)Cl)cc(F)c1Br. The maximum Gasteiger partial charge on any atom is 0.261 e. The molecule has 0 bridgehead atoms. The third kappa shape index (κ3) is 2.42. The number of benzene rings is 1. The summed E-state index contributed by atoms with van der Waals surface area (Å²) in [5, 5.41) is 0. The van der Waals surface area contributed by atoms with E-state index in [2.05, 4.69) is 15.9 Å². The lowest BCUT2D eigenvalue weighted by Crippen LogP contribution is -1.94. The van der Waals surface area contributed by atoms with E-state index in [0.717, 1.165) is 6.07 Å². The standard InChI is InChI=1S/C7H5BrClFO2S/c1-4-2-5(13(9,11)12)3-6(10)7(4)8/h2-3H,1H3. The second-order valence-corrected chi connectivity index (χ2v) is 5.83. The van der Waals surface area contributed by atoms with Gasteiger partial charge in [-0.05, 0) is 40.5 Å². The van der Waals surface area contributed by atoms with Crippen LogP contribution in [0.5, 0.6) is 0 Å². The first kappa shape index (κ1) is 10.9. The molecular formula is C7H5BrClFO2S. The highest BCUT2D eigenvalue weighted by Crippen LogP contribution is 2.25. The average molecular weight is 288 g/mol. The van der Waals surface area contributed by atoms with E-state index in [9.17, 15) is 12.8 Å². The summed E-state index contributed by atoms with van der Waals surface area (Å²) < 4.78 is 34.9. The fourth-order valence-electron chi connectivity index (χ4n) is 0.836. The third-order valence-electron chi connectivity index (χ3n) is 1.47. The van der Waals surface area contributed by atoms with Gasteiger partial charge in [0.05, 0.1) is 9.37 Å². The van der Waals surface area contributed by atoms with Gasteiger partial charge in [0.25, 0.3) is 9.05 Å². The molecule has 0 aromatic heterocycles. The maximum atomic E-state index is 13.0. The molecule has 0 radical (unpaired) electrons. The monoisotopic (exact) mass is 286 g/mol. The average Bonchev–Trinajstić information content (AvgIpc) is 1.97. The van der Waals surface area contributed by atoms with Crippen molar-refractivity contribution in [2.45, 2.75) is 11.8 Å². The van der Waals surface area contributed by atoms with Crippen molar-refractivity contribution in [1.82, 2.24) is 0 Å². The van der Waals surface area contributed by atoms with Crippen LogP contribution in [0.3, 0.4) is 0 Å². The molecule has 0 atom stereocenters. The number of aryl methyl sites for hydroxylation is 1. The van der Waals surface area contributed by atoms with Crippen LogP contribution in [0.2, 0.25) is 0 Å². The second-order valence-electron chi connectivity index (χ2n) is 2.47. The van der Waals surface area contributed by atoms with Crippen LogP contribution in [-0.4, -0.2) is 8.42 Å². The predicted octanol–water partition coefficient (Wildman–Crippen LogP) is 2.82. The maximum absolute atomic E-state index is 13.0. The van der Waals surface area contributed by atoms with Gasteiger partial charge in [-0.25, -0.2) is 12.8 Å². The summed E-state index contributed by atoms with van der Waals surface area (Å²) in [7, 11) is 1.19. The van der Waals surface area contributed by atoms with E-state index in [4.69, 9.17) is 10.7 Å². The number of rotatable bonds is 1. The van der Waals surface area contributed by atoms with Gasteiger partial charge in [-0.15, -0.1) is 0 Å². The van der Waals surface area contributed by atoms with Gasteiger partial charge < -0.3 is 0 Å². The zero-order valence-electron chi connectivity index (χ0n) is 6.51. The van der Waals surface area contributed by atoms with E-state index >= 15 is 0 Å². The van der Waals surface area contributed by atoms with Crippen molar-refractivity contribution in [2.24, 2.45) is 0 Å². The molecule has 1 aromatic carbocycles. The molecule has 0 amide bonds. The Kier molecular flexibility index (Phi) is 2.99. The summed E-state index contributed by atoms with van der Waals surface area (Å²) in [5.41, 5.74) is 0.485. The van der Waals surface area contributed by atoms with Crippen LogP contribution in [0, 0.1) is 12.7 Å². The molecule has 0 heterocycles. The Morgan fingerprint density at radius 1 is 1.46 bits per heavy atom. The molecule has 0 fully saturated rings. The van der Waals surface area contributed by atoms with Gasteiger partial charge in [-0.1, -0.05) is 0 Å². The molecule has 0 spiro atoms. The number of halogens is 3. The van der Waals surface area contributed by atoms with Crippen molar-refractivity contribution in [3.05, 3.63) is 28.0 Å². The van der Waals surface area contributed by atoms with E-state index in [1.165, 1.54) is 6.07 Å². The van der Waals surface area contributed by atoms with Gasteiger partial charge in [-0.2, -0.15) is 0 Å². The Hall–Kier alpha value is -0.130. The Bertz CT molecular complexity index is 421. The molecule has 1 rings (SSSR count). The van der Waals surface area contributed by atoms with E-state index in [0.29, 0.717) is 5.56 Å². The topological polar surface area (TPSA) is 34.1 Å². The van der Waals surface area contributed by atoms with Gasteiger partial charge >= 0.3 is 0 Å². The quantitative estimate of drug-likeness (QED) is 0.744. The minimum Gasteiger partial charge on any atom is -0.207 e. The summed E-state index contributed by atoms with van der Waals surface area (Å²) >= 11 is 2.97. The van der Waals surface area contributed by atoms with Crippen LogP contribution in [0.25, 0.3) is 0 Å². The van der Waals surface area contributed by atoms with E-state index < -0.39 is 14.9 Å². The first-order chi connectivity index (χ1) is 5.82. The van der Waals surface area contributed by atoms with Gasteiger partial charge in [0.2, 0.25) is 0 Å². The Labute approximate surface area is 88.3 Å². The van der Waals surface area contributed by atoms with Crippen molar-refractivity contribution >= 4 is 35.7 Å². The molecule has 13 heavy (non-hydrogen) atoms. The molecule has 0 aliphatic carbocycles. The van der Waals surface area contributed by atoms with Crippen molar-refractivity contribution in [3.8, 4) is 0 Å². The summed E-state index contributed by atoms with van der Waals surface area (Å²) in [6, 6.07) is 2.18. The van der Waals surface area contributed by atoms with E-state index in [1.54, 1.807) is 6.92 Å². The van der Waals surface area contributed by atoms with Crippen LogP contribution in [0.15, 0.2) is 21.5 Å². The first-order valence-corrected chi connectivity index (χ1v) is 6.33. The van der Waals surface area contributed by atoms with Crippen LogP contribution in [0.4, 0.5) is 4.39 Å². The van der Waals surface area contributed by atoms with Gasteiger partial charge in [0, 0.05) is 10.7 Å². The molecule has 0 aliphatic rings. The minimum atomic E-state index is -3.85. The lowest BCUT2D eigenvalue weighted by molar-refractivity contribution is 0.599. The third-order valence-corrected chi connectivity index (χ3v) is 3.80. The fraction of sp³-hybridized carbons (Fsp3) is 0.143. The Balaban J connectivity index is 3.47. The second kappa shape index (κ2) is 3.55. The Morgan fingerprint density at radius 2 is 2.00 bits per heavy atom. The summed E-state index contributed by atoms with van der Waals surface area (Å²) in [4.78, 5) is -0.229. The molecule has 6 heteroatoms. The molecule has 0 unspecified atom stereocenters. The molecule has 0 saturated carbocycles. The molecule has 0 aliphatic heterocycles. The number of hydrogen-bond donors (Lipinski definition) is 0. The zero-order chi connectivity index (χ0) is 10.2. The molecule has 1 aromatic rings. The highest BCUT2D eigenvalue weighted by molar-refractivity contribution is 9.10. The van der Waals surface area contributed by atoms with Gasteiger partial charge in [0.15, 0.2) is 0 Å². The van der Waals surface area contributed by atoms with Crippen LogP contribution in [0.1, 0.15) is 5.56 Å². The van der Waals surface area contributed by atoms with E-state index in [-0.39, 0.29) is 9.37 Å². The molecular weight excluding hydrogens is 282 g/mol. The summed E-state index contributed by atoms with van der Waals surface area (Å²) in [5.74, 6) is -0.640. The first-order valence-electron chi connectivity index (χ1n) is 3.22. The largest absolute Gasteiger partial charge is 0.261 e. The highest BCUT2D eigenvalue weighted by atomic mass is 79.9. The summed E-state index contributed by atoms with van der Waals surface area (Å²) in [6.07, 6.45) is 0. The molecule has 0 N–H and O–H groups in total. The molecule has 72 valence electrons. The van der Waals surface area contributed by atoms with Gasteiger partial charge in [0.1, 0.15) is 5.82 Å². The lowest BCUT2D eigenvalue weighted by atomic mass is 10.2. The van der Waals surface area contributed by atoms with Crippen molar-refractivity contribution in [3.63, 3.8) is 0 Å². The summed E-state index contributed by atoms with van der Waals surface area (Å²) in [6.45, 7) is 1.58. The van der Waals surface area contributed by atoms with Crippen molar-refractivity contribution < 1.29 is 12.8 Å². The van der Waals surface area contributed by atoms with Crippen molar-refractivity contribution in [1.29, 1.82) is 0 Å². The highest BCUT2D eigenvalue weighted by Gasteiger charge is 2.14. The zero-order valence-corrected chi connectivity index (χ0v) is 9.67. The normalized spacial score (nSPS) is 11.7. The Morgan fingerprint density at radius 3 is 2.38 bits per heavy atom. The van der Waals surface area contributed by atoms with Crippen LogP contribution >= 0.6 is 26.6 Å². The predicted molar refractivity (Wildman–Crippen MR) is 51.9 cm³/mol.